The zero-order chi connectivity index (χ0) is 15.0. The fourth-order valence-corrected chi connectivity index (χ4v) is 4.46. The summed E-state index contributed by atoms with van der Waals surface area (Å²) in [7, 11) is -3.22. The molecule has 0 saturated heterocycles. The Kier molecular flexibility index (Phi) is 3.75. The van der Waals surface area contributed by atoms with Crippen molar-refractivity contribution in [3.05, 3.63) is 35.3 Å². The van der Waals surface area contributed by atoms with Crippen LogP contribution >= 0.6 is 0 Å². The molecule has 3 rings (SSSR count). The molecule has 0 fully saturated rings. The Morgan fingerprint density at radius 2 is 2.19 bits per heavy atom. The van der Waals surface area contributed by atoms with Gasteiger partial charge in [-0.3, -0.25) is 0 Å². The number of fused-ring (bicyclic) bond motifs is 3. The average molecular weight is 310 g/mol. The standard InChI is InChI=1S/C15H19FN2O2S/c1-2-3-8-21(19,20)18-7-6-15-13(10-18)12-9-11(16)4-5-14(12)17-15/h4-5,9,17H,2-3,6-8,10H2,1H3. The molecule has 0 amide bonds. The highest BCUT2D eigenvalue weighted by Crippen LogP contribution is 2.29. The van der Waals surface area contributed by atoms with Gasteiger partial charge in [-0.2, -0.15) is 4.31 Å². The van der Waals surface area contributed by atoms with Crippen LogP contribution in [-0.4, -0.2) is 30.0 Å². The minimum Gasteiger partial charge on any atom is -0.358 e. The Bertz CT molecular complexity index is 767. The summed E-state index contributed by atoms with van der Waals surface area (Å²) in [5.41, 5.74) is 2.81. The molecule has 1 N–H and O–H groups in total. The first-order chi connectivity index (χ1) is 10.0. The third-order valence-electron chi connectivity index (χ3n) is 4.05. The van der Waals surface area contributed by atoms with Crippen molar-refractivity contribution in [3.8, 4) is 0 Å². The van der Waals surface area contributed by atoms with E-state index in [1.54, 1.807) is 6.07 Å². The minimum absolute atomic E-state index is 0.190. The van der Waals surface area contributed by atoms with Crippen molar-refractivity contribution in [2.45, 2.75) is 32.7 Å². The van der Waals surface area contributed by atoms with Gasteiger partial charge in [0.15, 0.2) is 0 Å². The smallest absolute Gasteiger partial charge is 0.214 e. The Morgan fingerprint density at radius 3 is 2.95 bits per heavy atom. The van der Waals surface area contributed by atoms with E-state index < -0.39 is 10.0 Å². The number of benzene rings is 1. The highest BCUT2D eigenvalue weighted by atomic mass is 32.2. The molecule has 0 aliphatic carbocycles. The summed E-state index contributed by atoms with van der Waals surface area (Å²) in [4.78, 5) is 3.27. The summed E-state index contributed by atoms with van der Waals surface area (Å²) in [6.45, 7) is 2.81. The lowest BCUT2D eigenvalue weighted by atomic mass is 10.1. The fourth-order valence-electron chi connectivity index (χ4n) is 2.85. The molecule has 0 spiro atoms. The van der Waals surface area contributed by atoms with Crippen LogP contribution in [0, 0.1) is 5.82 Å². The molecule has 4 nitrogen and oxygen atoms in total. The number of unbranched alkanes of at least 4 members (excludes halogenated alkanes) is 1. The van der Waals surface area contributed by atoms with E-state index in [0.717, 1.165) is 28.6 Å². The number of hydrogen-bond donors (Lipinski definition) is 1. The molecule has 6 heteroatoms. The first-order valence-corrected chi connectivity index (χ1v) is 8.89. The molecule has 0 saturated carbocycles. The highest BCUT2D eigenvalue weighted by Gasteiger charge is 2.28. The molecular formula is C15H19FN2O2S. The molecular weight excluding hydrogens is 291 g/mol. The summed E-state index contributed by atoms with van der Waals surface area (Å²) in [6, 6.07) is 4.60. The van der Waals surface area contributed by atoms with Crippen LogP contribution in [0.1, 0.15) is 31.0 Å². The molecule has 0 bridgehead atoms. The fraction of sp³-hybridized carbons (Fsp3) is 0.467. The first-order valence-electron chi connectivity index (χ1n) is 7.28. The molecule has 1 aromatic carbocycles. The zero-order valence-corrected chi connectivity index (χ0v) is 12.8. The third kappa shape index (κ3) is 2.70. The molecule has 1 aliphatic rings. The number of aromatic nitrogens is 1. The monoisotopic (exact) mass is 310 g/mol. The molecule has 0 radical (unpaired) electrons. The van der Waals surface area contributed by atoms with E-state index in [0.29, 0.717) is 25.9 Å². The average Bonchev–Trinajstić information content (AvgIpc) is 2.82. The molecule has 2 aromatic rings. The Balaban J connectivity index is 1.94. The summed E-state index contributed by atoms with van der Waals surface area (Å²) >= 11 is 0. The van der Waals surface area contributed by atoms with Gasteiger partial charge in [0.05, 0.1) is 5.75 Å². The van der Waals surface area contributed by atoms with E-state index in [1.807, 2.05) is 6.92 Å². The Labute approximate surface area is 124 Å². The van der Waals surface area contributed by atoms with Crippen LogP contribution < -0.4 is 0 Å². The summed E-state index contributed by atoms with van der Waals surface area (Å²) < 4.78 is 39.6. The lowest BCUT2D eigenvalue weighted by Gasteiger charge is -2.26. The van der Waals surface area contributed by atoms with E-state index in [9.17, 15) is 12.8 Å². The van der Waals surface area contributed by atoms with Crippen molar-refractivity contribution in [3.63, 3.8) is 0 Å². The number of rotatable bonds is 4. The molecule has 1 aliphatic heterocycles. The largest absolute Gasteiger partial charge is 0.358 e. The van der Waals surface area contributed by atoms with Gasteiger partial charge in [-0.05, 0) is 30.2 Å². The van der Waals surface area contributed by atoms with Gasteiger partial charge in [-0.1, -0.05) is 13.3 Å². The van der Waals surface area contributed by atoms with Crippen molar-refractivity contribution in [1.29, 1.82) is 0 Å². The van der Waals surface area contributed by atoms with Crippen LogP contribution in [0.5, 0.6) is 0 Å². The van der Waals surface area contributed by atoms with Crippen molar-refractivity contribution in [2.75, 3.05) is 12.3 Å². The zero-order valence-electron chi connectivity index (χ0n) is 12.0. The highest BCUT2D eigenvalue weighted by molar-refractivity contribution is 7.89. The number of aromatic amines is 1. The summed E-state index contributed by atoms with van der Waals surface area (Å²) in [5.74, 6) is -0.106. The predicted molar refractivity (Wildman–Crippen MR) is 81.1 cm³/mol. The predicted octanol–water partition coefficient (Wildman–Crippen LogP) is 2.80. The number of hydrogen-bond acceptors (Lipinski definition) is 2. The van der Waals surface area contributed by atoms with Gasteiger partial charge in [0.2, 0.25) is 10.0 Å². The number of nitrogens with one attached hydrogen (secondary N) is 1. The lowest BCUT2D eigenvalue weighted by molar-refractivity contribution is 0.390. The lowest BCUT2D eigenvalue weighted by Crippen LogP contribution is -2.37. The van der Waals surface area contributed by atoms with Crippen LogP contribution in [0.15, 0.2) is 18.2 Å². The van der Waals surface area contributed by atoms with Crippen molar-refractivity contribution in [2.24, 2.45) is 0 Å². The van der Waals surface area contributed by atoms with Crippen LogP contribution in [0.2, 0.25) is 0 Å². The van der Waals surface area contributed by atoms with Crippen molar-refractivity contribution < 1.29 is 12.8 Å². The second-order valence-electron chi connectivity index (χ2n) is 5.53. The van der Waals surface area contributed by atoms with E-state index in [2.05, 4.69) is 4.98 Å². The molecule has 1 aromatic heterocycles. The number of H-pyrrole nitrogens is 1. The van der Waals surface area contributed by atoms with Crippen LogP contribution in [0.25, 0.3) is 10.9 Å². The second-order valence-corrected chi connectivity index (χ2v) is 7.61. The van der Waals surface area contributed by atoms with Gasteiger partial charge >= 0.3 is 0 Å². The van der Waals surface area contributed by atoms with Crippen LogP contribution in [0.3, 0.4) is 0 Å². The molecule has 2 heterocycles. The molecule has 0 atom stereocenters. The Hall–Kier alpha value is -1.40. The number of sulfonamides is 1. The van der Waals surface area contributed by atoms with Gasteiger partial charge in [-0.25, -0.2) is 12.8 Å². The van der Waals surface area contributed by atoms with E-state index in [4.69, 9.17) is 0 Å². The van der Waals surface area contributed by atoms with Gasteiger partial charge in [0.25, 0.3) is 0 Å². The first kappa shape index (κ1) is 14.5. The third-order valence-corrected chi connectivity index (χ3v) is 5.95. The maximum Gasteiger partial charge on any atom is 0.214 e. The van der Waals surface area contributed by atoms with Crippen molar-refractivity contribution in [1.82, 2.24) is 9.29 Å². The maximum atomic E-state index is 13.4. The van der Waals surface area contributed by atoms with Gasteiger partial charge < -0.3 is 4.98 Å². The van der Waals surface area contributed by atoms with Gasteiger partial charge in [-0.15, -0.1) is 0 Å². The maximum absolute atomic E-state index is 13.4. The summed E-state index contributed by atoms with van der Waals surface area (Å²) in [5, 5.41) is 0.792. The van der Waals surface area contributed by atoms with E-state index in [-0.39, 0.29) is 11.6 Å². The summed E-state index contributed by atoms with van der Waals surface area (Å²) in [6.07, 6.45) is 2.18. The SMILES string of the molecule is CCCCS(=O)(=O)N1CCc2[nH]c3ccc(F)cc3c2C1. The van der Waals surface area contributed by atoms with Crippen LogP contribution in [-0.2, 0) is 23.0 Å². The van der Waals surface area contributed by atoms with Gasteiger partial charge in [0.1, 0.15) is 5.82 Å². The van der Waals surface area contributed by atoms with E-state index in [1.165, 1.54) is 16.4 Å². The molecule has 21 heavy (non-hydrogen) atoms. The van der Waals surface area contributed by atoms with Crippen molar-refractivity contribution >= 4 is 20.9 Å². The Morgan fingerprint density at radius 1 is 1.38 bits per heavy atom. The normalized spacial score (nSPS) is 16.3. The van der Waals surface area contributed by atoms with E-state index >= 15 is 0 Å². The second kappa shape index (κ2) is 5.42. The van der Waals surface area contributed by atoms with Crippen LogP contribution in [0.4, 0.5) is 4.39 Å². The molecule has 0 unspecified atom stereocenters. The topological polar surface area (TPSA) is 53.2 Å². The van der Waals surface area contributed by atoms with Gasteiger partial charge in [0, 0.05) is 36.1 Å². The molecule has 114 valence electrons. The quantitative estimate of drug-likeness (QED) is 0.944. The number of nitrogens with zero attached hydrogens (tertiary/aromatic N) is 1. The number of halogens is 1. The minimum atomic E-state index is -3.22.